The molecule has 0 radical (unpaired) electrons. The third-order valence-electron chi connectivity index (χ3n) is 3.78. The minimum Gasteiger partial charge on any atom is -0.325 e. The second-order valence-corrected chi connectivity index (χ2v) is 6.54. The van der Waals surface area contributed by atoms with Gasteiger partial charge in [-0.3, -0.25) is 0 Å². The van der Waals surface area contributed by atoms with Crippen molar-refractivity contribution in [2.75, 3.05) is 12.4 Å². The smallest absolute Gasteiger partial charge is 0.325 e. The van der Waals surface area contributed by atoms with Gasteiger partial charge in [-0.25, -0.2) is 4.79 Å². The predicted octanol–water partition coefficient (Wildman–Crippen LogP) is 5.09. The van der Waals surface area contributed by atoms with Crippen molar-refractivity contribution in [3.05, 3.63) is 24.3 Å². The van der Waals surface area contributed by atoms with Crippen molar-refractivity contribution >= 4 is 23.5 Å². The number of nitrogens with one attached hydrogen (secondary N) is 1. The summed E-state index contributed by atoms with van der Waals surface area (Å²) in [5.74, 6) is 0. The average Bonchev–Trinajstić information content (AvgIpc) is 2.48. The van der Waals surface area contributed by atoms with Crippen LogP contribution in [0.5, 0.6) is 0 Å². The Morgan fingerprint density at radius 1 is 1.18 bits per heavy atom. The van der Waals surface area contributed by atoms with E-state index in [1.54, 1.807) is 11.9 Å². The van der Waals surface area contributed by atoms with Crippen LogP contribution in [0.2, 0.25) is 0 Å². The predicted molar refractivity (Wildman–Crippen MR) is 82.0 cm³/mol. The van der Waals surface area contributed by atoms with Crippen LogP contribution in [0.25, 0.3) is 0 Å². The van der Waals surface area contributed by atoms with E-state index in [2.05, 4.69) is 5.32 Å². The topological polar surface area (TPSA) is 32.3 Å². The molecule has 122 valence electrons. The molecule has 0 saturated heterocycles. The summed E-state index contributed by atoms with van der Waals surface area (Å²) in [4.78, 5) is 13.9. The highest BCUT2D eigenvalue weighted by atomic mass is 32.2. The summed E-state index contributed by atoms with van der Waals surface area (Å²) in [7, 11) is 1.76. The molecule has 0 unspecified atom stereocenters. The molecule has 0 aliphatic heterocycles. The Morgan fingerprint density at radius 2 is 1.77 bits per heavy atom. The molecule has 22 heavy (non-hydrogen) atoms. The number of hydrogen-bond acceptors (Lipinski definition) is 2. The van der Waals surface area contributed by atoms with Crippen molar-refractivity contribution in [3.8, 4) is 0 Å². The first kappa shape index (κ1) is 17.0. The zero-order chi connectivity index (χ0) is 16.2. The fraction of sp³-hybridized carbons (Fsp3) is 0.533. The highest BCUT2D eigenvalue weighted by molar-refractivity contribution is 8.00. The number of nitrogens with zero attached hydrogens (tertiary/aromatic N) is 1. The number of alkyl halides is 3. The number of urea groups is 1. The molecular formula is C15H19F3N2OS. The van der Waals surface area contributed by atoms with Crippen molar-refractivity contribution in [3.63, 3.8) is 0 Å². The van der Waals surface area contributed by atoms with Gasteiger partial charge >= 0.3 is 11.5 Å². The summed E-state index contributed by atoms with van der Waals surface area (Å²) >= 11 is -0.166. The maximum absolute atomic E-state index is 12.3. The van der Waals surface area contributed by atoms with Crippen LogP contribution in [0.1, 0.15) is 32.1 Å². The summed E-state index contributed by atoms with van der Waals surface area (Å²) in [6, 6.07) is 5.71. The van der Waals surface area contributed by atoms with Crippen LogP contribution < -0.4 is 5.32 Å². The molecule has 0 aromatic heterocycles. The van der Waals surface area contributed by atoms with Gasteiger partial charge in [0.15, 0.2) is 0 Å². The van der Waals surface area contributed by atoms with E-state index >= 15 is 0 Å². The molecular weight excluding hydrogens is 313 g/mol. The molecule has 2 rings (SSSR count). The lowest BCUT2D eigenvalue weighted by Gasteiger charge is -2.31. The van der Waals surface area contributed by atoms with Crippen LogP contribution in [0, 0.1) is 0 Å². The fourth-order valence-corrected chi connectivity index (χ4v) is 3.13. The number of rotatable bonds is 3. The SMILES string of the molecule is CN(C(=O)Nc1ccc(SC(F)(F)F)cc1)C1CCCCC1. The van der Waals surface area contributed by atoms with Gasteiger partial charge in [0, 0.05) is 23.7 Å². The standard InChI is InChI=1S/C15H19F3N2OS/c1-20(12-5-3-2-4-6-12)14(21)19-11-7-9-13(10-8-11)22-15(16,17)18/h7-10,12H,2-6H2,1H3,(H,19,21). The molecule has 0 atom stereocenters. The zero-order valence-electron chi connectivity index (χ0n) is 12.3. The van der Waals surface area contributed by atoms with E-state index in [0.717, 1.165) is 25.7 Å². The Labute approximate surface area is 132 Å². The first-order valence-electron chi connectivity index (χ1n) is 7.25. The molecule has 0 spiro atoms. The number of hydrogen-bond donors (Lipinski definition) is 1. The number of anilines is 1. The Bertz CT molecular complexity index is 499. The Balaban J connectivity index is 1.91. The second kappa shape index (κ2) is 7.26. The van der Waals surface area contributed by atoms with Crippen molar-refractivity contribution in [1.82, 2.24) is 4.90 Å². The van der Waals surface area contributed by atoms with Gasteiger partial charge in [-0.15, -0.1) is 0 Å². The van der Waals surface area contributed by atoms with Crippen LogP contribution in [0.15, 0.2) is 29.2 Å². The monoisotopic (exact) mass is 332 g/mol. The lowest BCUT2D eigenvalue weighted by Crippen LogP contribution is -2.40. The molecule has 7 heteroatoms. The number of amides is 2. The summed E-state index contributed by atoms with van der Waals surface area (Å²) < 4.78 is 36.8. The largest absolute Gasteiger partial charge is 0.446 e. The van der Waals surface area contributed by atoms with E-state index in [1.807, 2.05) is 0 Å². The minimum atomic E-state index is -4.30. The van der Waals surface area contributed by atoms with Crippen molar-refractivity contribution in [2.45, 2.75) is 48.5 Å². The number of benzene rings is 1. The summed E-state index contributed by atoms with van der Waals surface area (Å²) in [5.41, 5.74) is -3.80. The molecule has 1 aromatic carbocycles. The quantitative estimate of drug-likeness (QED) is 0.782. The van der Waals surface area contributed by atoms with E-state index in [-0.39, 0.29) is 28.7 Å². The van der Waals surface area contributed by atoms with Gasteiger partial charge in [0.2, 0.25) is 0 Å². The van der Waals surface area contributed by atoms with Gasteiger partial charge in [-0.1, -0.05) is 19.3 Å². The van der Waals surface area contributed by atoms with Crippen molar-refractivity contribution in [1.29, 1.82) is 0 Å². The first-order chi connectivity index (χ1) is 10.3. The number of carbonyl (C=O) groups is 1. The van der Waals surface area contributed by atoms with E-state index < -0.39 is 5.51 Å². The first-order valence-corrected chi connectivity index (χ1v) is 8.06. The molecule has 1 aromatic rings. The Morgan fingerprint density at radius 3 is 2.32 bits per heavy atom. The van der Waals surface area contributed by atoms with Gasteiger partial charge in [0.1, 0.15) is 0 Å². The Kier molecular flexibility index (Phi) is 5.61. The van der Waals surface area contributed by atoms with Crippen LogP contribution >= 0.6 is 11.8 Å². The van der Waals surface area contributed by atoms with Crippen LogP contribution in [-0.4, -0.2) is 29.5 Å². The number of halogens is 3. The average molecular weight is 332 g/mol. The van der Waals surface area contributed by atoms with Crippen LogP contribution in [-0.2, 0) is 0 Å². The lowest BCUT2D eigenvalue weighted by molar-refractivity contribution is -0.0328. The van der Waals surface area contributed by atoms with E-state index in [0.29, 0.717) is 5.69 Å². The molecule has 1 aliphatic rings. The Hall–Kier alpha value is -1.37. The maximum atomic E-state index is 12.3. The van der Waals surface area contributed by atoms with E-state index in [1.165, 1.54) is 30.7 Å². The molecule has 2 amide bonds. The fourth-order valence-electron chi connectivity index (χ4n) is 2.59. The molecule has 3 nitrogen and oxygen atoms in total. The van der Waals surface area contributed by atoms with Crippen molar-refractivity contribution < 1.29 is 18.0 Å². The molecule has 0 heterocycles. The molecule has 1 saturated carbocycles. The minimum absolute atomic E-state index is 0.103. The van der Waals surface area contributed by atoms with E-state index in [4.69, 9.17) is 0 Å². The summed E-state index contributed by atoms with van der Waals surface area (Å²) in [5, 5.41) is 2.73. The van der Waals surface area contributed by atoms with Gasteiger partial charge < -0.3 is 10.2 Å². The van der Waals surface area contributed by atoms with Crippen molar-refractivity contribution in [2.24, 2.45) is 0 Å². The van der Waals surface area contributed by atoms with Gasteiger partial charge in [-0.2, -0.15) is 13.2 Å². The molecule has 1 N–H and O–H groups in total. The summed E-state index contributed by atoms with van der Waals surface area (Å²) in [6.07, 6.45) is 5.48. The van der Waals surface area contributed by atoms with Crippen LogP contribution in [0.4, 0.5) is 23.7 Å². The highest BCUT2D eigenvalue weighted by Crippen LogP contribution is 2.37. The summed E-state index contributed by atoms with van der Waals surface area (Å²) in [6.45, 7) is 0. The number of carbonyl (C=O) groups excluding carboxylic acids is 1. The van der Waals surface area contributed by atoms with Gasteiger partial charge in [-0.05, 0) is 48.9 Å². The van der Waals surface area contributed by atoms with Gasteiger partial charge in [0.25, 0.3) is 0 Å². The molecule has 1 fully saturated rings. The molecule has 1 aliphatic carbocycles. The third kappa shape index (κ3) is 5.12. The molecule has 0 bridgehead atoms. The normalized spacial score (nSPS) is 16.4. The second-order valence-electron chi connectivity index (χ2n) is 5.41. The van der Waals surface area contributed by atoms with Crippen LogP contribution in [0.3, 0.4) is 0 Å². The third-order valence-corrected chi connectivity index (χ3v) is 4.52. The highest BCUT2D eigenvalue weighted by Gasteiger charge is 2.29. The lowest BCUT2D eigenvalue weighted by atomic mass is 9.95. The maximum Gasteiger partial charge on any atom is 0.446 e. The zero-order valence-corrected chi connectivity index (χ0v) is 13.1. The van der Waals surface area contributed by atoms with Gasteiger partial charge in [0.05, 0.1) is 0 Å². The number of thioether (sulfide) groups is 1. The van der Waals surface area contributed by atoms with E-state index in [9.17, 15) is 18.0 Å².